The minimum atomic E-state index is -0.660. The normalized spacial score (nSPS) is 12.1. The van der Waals surface area contributed by atoms with Crippen molar-refractivity contribution in [2.24, 2.45) is 5.92 Å². The molecule has 0 unspecified atom stereocenters. The molecule has 3 heteroatoms. The van der Waals surface area contributed by atoms with Gasteiger partial charge in [0.15, 0.2) is 5.78 Å². The third kappa shape index (κ3) is 3.81. The maximum atomic E-state index is 11.7. The fourth-order valence-corrected chi connectivity index (χ4v) is 1.46. The summed E-state index contributed by atoms with van der Waals surface area (Å²) in [6.07, 6.45) is 4.42. The van der Waals surface area contributed by atoms with E-state index in [9.17, 15) is 9.90 Å². The van der Waals surface area contributed by atoms with Crippen molar-refractivity contribution in [3.8, 4) is 0 Å². The molecular formula is C13H21NO2. The van der Waals surface area contributed by atoms with Gasteiger partial charge >= 0.3 is 0 Å². The molecule has 1 N–H and O–H groups in total. The molecule has 0 aliphatic rings. The number of rotatable bonds is 5. The number of aryl methyl sites for hydroxylation is 1. The molecule has 0 aromatic carbocycles. The molecule has 0 amide bonds. The van der Waals surface area contributed by atoms with Crippen molar-refractivity contribution < 1.29 is 9.90 Å². The summed E-state index contributed by atoms with van der Waals surface area (Å²) in [5.74, 6) is 0.201. The second kappa shape index (κ2) is 4.83. The summed E-state index contributed by atoms with van der Waals surface area (Å²) in [5.41, 5.74) is 0.0951. The molecule has 16 heavy (non-hydrogen) atoms. The van der Waals surface area contributed by atoms with E-state index in [1.165, 1.54) is 0 Å². The lowest BCUT2D eigenvalue weighted by Crippen LogP contribution is -2.20. The van der Waals surface area contributed by atoms with Gasteiger partial charge in [-0.2, -0.15) is 0 Å². The lowest BCUT2D eigenvalue weighted by atomic mass is 10.0. The van der Waals surface area contributed by atoms with Crippen molar-refractivity contribution >= 4 is 5.78 Å². The summed E-state index contributed by atoms with van der Waals surface area (Å²) in [6.45, 7) is 8.11. The fourth-order valence-electron chi connectivity index (χ4n) is 1.46. The first-order valence-corrected chi connectivity index (χ1v) is 5.72. The first-order chi connectivity index (χ1) is 7.29. The van der Waals surface area contributed by atoms with Gasteiger partial charge in [0, 0.05) is 30.4 Å². The largest absolute Gasteiger partial charge is 0.390 e. The van der Waals surface area contributed by atoms with Crippen LogP contribution in [0.3, 0.4) is 0 Å². The Kier molecular flexibility index (Phi) is 3.92. The SMILES string of the molecule is CC(C)C(=O)c1ccn(CCC(C)(C)O)c1. The number of nitrogens with zero attached hydrogens (tertiary/aromatic N) is 1. The van der Waals surface area contributed by atoms with Crippen LogP contribution in [0.5, 0.6) is 0 Å². The molecule has 0 saturated heterocycles. The van der Waals surface area contributed by atoms with E-state index >= 15 is 0 Å². The van der Waals surface area contributed by atoms with Crippen molar-refractivity contribution in [1.82, 2.24) is 4.57 Å². The minimum Gasteiger partial charge on any atom is -0.390 e. The van der Waals surface area contributed by atoms with Crippen LogP contribution < -0.4 is 0 Å². The summed E-state index contributed by atoms with van der Waals surface area (Å²) in [5, 5.41) is 9.60. The Bertz CT molecular complexity index is 358. The average Bonchev–Trinajstić information content (AvgIpc) is 2.60. The highest BCUT2D eigenvalue weighted by Gasteiger charge is 2.14. The molecule has 1 heterocycles. The number of Topliss-reactive ketones (excluding diaryl/α,β-unsaturated/α-hetero) is 1. The van der Waals surface area contributed by atoms with E-state index in [4.69, 9.17) is 0 Å². The Morgan fingerprint density at radius 1 is 1.50 bits per heavy atom. The van der Waals surface area contributed by atoms with Crippen LogP contribution in [0.1, 0.15) is 44.5 Å². The lowest BCUT2D eigenvalue weighted by Gasteiger charge is -2.16. The number of ketones is 1. The minimum absolute atomic E-state index is 0.0325. The third-order valence-electron chi connectivity index (χ3n) is 2.54. The van der Waals surface area contributed by atoms with Gasteiger partial charge in [0.1, 0.15) is 0 Å². The van der Waals surface area contributed by atoms with Crippen molar-refractivity contribution in [2.45, 2.75) is 46.3 Å². The van der Waals surface area contributed by atoms with Crippen LogP contribution in [0.4, 0.5) is 0 Å². The molecular weight excluding hydrogens is 202 g/mol. The Morgan fingerprint density at radius 3 is 2.62 bits per heavy atom. The molecule has 1 aromatic heterocycles. The molecule has 0 radical (unpaired) electrons. The Balaban J connectivity index is 2.62. The van der Waals surface area contributed by atoms with Crippen LogP contribution in [0.15, 0.2) is 18.5 Å². The standard InChI is InChI=1S/C13H21NO2/c1-10(2)12(15)11-5-7-14(9-11)8-6-13(3,4)16/h5,7,9-10,16H,6,8H2,1-4H3. The summed E-state index contributed by atoms with van der Waals surface area (Å²) in [4.78, 5) is 11.7. The van der Waals surface area contributed by atoms with E-state index in [2.05, 4.69) is 0 Å². The highest BCUT2D eigenvalue weighted by molar-refractivity contribution is 5.97. The summed E-state index contributed by atoms with van der Waals surface area (Å²) >= 11 is 0. The van der Waals surface area contributed by atoms with Crippen LogP contribution in [-0.2, 0) is 6.54 Å². The monoisotopic (exact) mass is 223 g/mol. The van der Waals surface area contributed by atoms with Crippen LogP contribution >= 0.6 is 0 Å². The molecule has 0 spiro atoms. The Labute approximate surface area is 97.1 Å². The molecule has 0 bridgehead atoms. The van der Waals surface area contributed by atoms with Crippen molar-refractivity contribution in [3.63, 3.8) is 0 Å². The van der Waals surface area contributed by atoms with Crippen molar-refractivity contribution in [2.75, 3.05) is 0 Å². The second-order valence-electron chi connectivity index (χ2n) is 5.22. The number of carbonyl (C=O) groups is 1. The number of aromatic nitrogens is 1. The quantitative estimate of drug-likeness (QED) is 0.779. The fraction of sp³-hybridized carbons (Fsp3) is 0.615. The number of hydrogen-bond donors (Lipinski definition) is 1. The molecule has 0 saturated carbocycles. The predicted molar refractivity (Wildman–Crippen MR) is 64.5 cm³/mol. The zero-order valence-corrected chi connectivity index (χ0v) is 10.5. The van der Waals surface area contributed by atoms with Gasteiger partial charge in [0.2, 0.25) is 0 Å². The number of carbonyl (C=O) groups excluding carboxylic acids is 1. The number of aliphatic hydroxyl groups is 1. The first-order valence-electron chi connectivity index (χ1n) is 5.72. The van der Waals surface area contributed by atoms with Crippen LogP contribution in [0.25, 0.3) is 0 Å². The zero-order valence-electron chi connectivity index (χ0n) is 10.5. The predicted octanol–water partition coefficient (Wildman–Crippen LogP) is 2.49. The van der Waals surface area contributed by atoms with E-state index in [1.807, 2.05) is 36.9 Å². The van der Waals surface area contributed by atoms with Gasteiger partial charge in [0.05, 0.1) is 5.60 Å². The van der Waals surface area contributed by atoms with Crippen molar-refractivity contribution in [3.05, 3.63) is 24.0 Å². The van der Waals surface area contributed by atoms with E-state index in [0.717, 1.165) is 12.1 Å². The first kappa shape index (κ1) is 13.0. The number of hydrogen-bond acceptors (Lipinski definition) is 2. The summed E-state index contributed by atoms with van der Waals surface area (Å²) in [7, 11) is 0. The molecule has 0 fully saturated rings. The van der Waals surface area contributed by atoms with Crippen LogP contribution in [-0.4, -0.2) is 21.1 Å². The Hall–Kier alpha value is -1.09. The molecule has 1 rings (SSSR count). The highest BCUT2D eigenvalue weighted by atomic mass is 16.3. The van der Waals surface area contributed by atoms with Gasteiger partial charge in [-0.05, 0) is 26.3 Å². The summed E-state index contributed by atoms with van der Waals surface area (Å²) in [6, 6.07) is 1.84. The molecule has 0 atom stereocenters. The molecule has 90 valence electrons. The van der Waals surface area contributed by atoms with Gasteiger partial charge in [-0.25, -0.2) is 0 Å². The molecule has 0 aliphatic heterocycles. The van der Waals surface area contributed by atoms with E-state index in [-0.39, 0.29) is 11.7 Å². The summed E-state index contributed by atoms with van der Waals surface area (Å²) < 4.78 is 1.95. The lowest BCUT2D eigenvalue weighted by molar-refractivity contribution is 0.0662. The van der Waals surface area contributed by atoms with Gasteiger partial charge in [-0.3, -0.25) is 4.79 Å². The van der Waals surface area contributed by atoms with E-state index < -0.39 is 5.60 Å². The molecule has 0 aliphatic carbocycles. The van der Waals surface area contributed by atoms with Gasteiger partial charge in [-0.1, -0.05) is 13.8 Å². The second-order valence-corrected chi connectivity index (χ2v) is 5.22. The van der Waals surface area contributed by atoms with Crippen LogP contribution in [0, 0.1) is 5.92 Å². The third-order valence-corrected chi connectivity index (χ3v) is 2.54. The Morgan fingerprint density at radius 2 is 2.12 bits per heavy atom. The van der Waals surface area contributed by atoms with Crippen molar-refractivity contribution in [1.29, 1.82) is 0 Å². The van der Waals surface area contributed by atoms with Crippen LogP contribution in [0.2, 0.25) is 0 Å². The highest BCUT2D eigenvalue weighted by Crippen LogP contribution is 2.12. The van der Waals surface area contributed by atoms with E-state index in [0.29, 0.717) is 6.42 Å². The molecule has 1 aromatic rings. The van der Waals surface area contributed by atoms with Gasteiger partial charge < -0.3 is 9.67 Å². The zero-order chi connectivity index (χ0) is 12.3. The van der Waals surface area contributed by atoms with Gasteiger partial charge in [-0.15, -0.1) is 0 Å². The van der Waals surface area contributed by atoms with E-state index in [1.54, 1.807) is 13.8 Å². The molecule has 3 nitrogen and oxygen atoms in total. The maximum Gasteiger partial charge on any atom is 0.166 e. The maximum absolute atomic E-state index is 11.7. The smallest absolute Gasteiger partial charge is 0.166 e. The topological polar surface area (TPSA) is 42.2 Å². The average molecular weight is 223 g/mol. The van der Waals surface area contributed by atoms with Gasteiger partial charge in [0.25, 0.3) is 0 Å².